The standard InChI is InChI=1S/C23H24N6O3/c1-13(2)32-18-7-5-16(6-8-18)25-19-11-20(26-17-3-4-17)29-22(27-19)15(12-24-29)9-14-10-21(30)28-23(14)31/h5-13,17,25,28,30-31H,3-4H2,1-2H3. The SMILES string of the molecule is CC(C)Oc1ccc(Nc2cc(=NC3CC3)n3ncc(=Cc4cc(O)[nH]c4O)c3n2)cc1. The van der Waals surface area contributed by atoms with Crippen LogP contribution in [0.5, 0.6) is 17.5 Å². The van der Waals surface area contributed by atoms with Crippen molar-refractivity contribution in [3.05, 3.63) is 58.9 Å². The van der Waals surface area contributed by atoms with Crippen molar-refractivity contribution >= 4 is 23.2 Å². The molecule has 0 unspecified atom stereocenters. The smallest absolute Gasteiger partial charge is 0.198 e. The van der Waals surface area contributed by atoms with E-state index < -0.39 is 0 Å². The van der Waals surface area contributed by atoms with Gasteiger partial charge in [-0.15, -0.1) is 0 Å². The van der Waals surface area contributed by atoms with E-state index in [1.807, 2.05) is 44.2 Å². The van der Waals surface area contributed by atoms with Gasteiger partial charge in [-0.25, -0.2) is 4.98 Å². The predicted molar refractivity (Wildman–Crippen MR) is 120 cm³/mol. The summed E-state index contributed by atoms with van der Waals surface area (Å²) >= 11 is 0. The third-order valence-electron chi connectivity index (χ3n) is 4.96. The molecule has 0 spiro atoms. The number of rotatable bonds is 6. The highest BCUT2D eigenvalue weighted by molar-refractivity contribution is 5.63. The van der Waals surface area contributed by atoms with Crippen molar-refractivity contribution < 1.29 is 14.9 Å². The van der Waals surface area contributed by atoms with Gasteiger partial charge in [-0.2, -0.15) is 9.61 Å². The van der Waals surface area contributed by atoms with Gasteiger partial charge < -0.3 is 20.3 Å². The van der Waals surface area contributed by atoms with E-state index in [-0.39, 0.29) is 17.9 Å². The summed E-state index contributed by atoms with van der Waals surface area (Å²) in [5, 5.41) is 28.0. The van der Waals surface area contributed by atoms with Crippen LogP contribution in [0.3, 0.4) is 0 Å². The fourth-order valence-corrected chi connectivity index (χ4v) is 3.37. The summed E-state index contributed by atoms with van der Waals surface area (Å²) in [6, 6.07) is 11.3. The van der Waals surface area contributed by atoms with Crippen molar-refractivity contribution in [3.63, 3.8) is 0 Å². The lowest BCUT2D eigenvalue weighted by atomic mass is 10.2. The third kappa shape index (κ3) is 4.22. The molecular weight excluding hydrogens is 408 g/mol. The Morgan fingerprint density at radius 3 is 2.66 bits per heavy atom. The second kappa shape index (κ2) is 7.92. The van der Waals surface area contributed by atoms with Gasteiger partial charge >= 0.3 is 0 Å². The van der Waals surface area contributed by atoms with Gasteiger partial charge in [0.2, 0.25) is 0 Å². The number of hydrogen-bond acceptors (Lipinski definition) is 7. The van der Waals surface area contributed by atoms with Gasteiger partial charge in [0.25, 0.3) is 0 Å². The second-order valence-electron chi connectivity index (χ2n) is 8.11. The summed E-state index contributed by atoms with van der Waals surface area (Å²) in [6.07, 6.45) is 5.63. The number of H-pyrrole nitrogens is 1. The van der Waals surface area contributed by atoms with Crippen LogP contribution in [0.15, 0.2) is 47.6 Å². The van der Waals surface area contributed by atoms with Crippen LogP contribution in [0.25, 0.3) is 11.7 Å². The van der Waals surface area contributed by atoms with Crippen molar-refractivity contribution in [2.24, 2.45) is 4.99 Å². The van der Waals surface area contributed by atoms with Crippen LogP contribution in [0, 0.1) is 0 Å². The zero-order valence-corrected chi connectivity index (χ0v) is 17.8. The Hall–Kier alpha value is -4.01. The number of ether oxygens (including phenoxy) is 1. The van der Waals surface area contributed by atoms with Crippen LogP contribution < -0.4 is 20.8 Å². The molecule has 3 aromatic heterocycles. The Morgan fingerprint density at radius 2 is 2.00 bits per heavy atom. The number of nitrogens with one attached hydrogen (secondary N) is 2. The molecule has 1 aliphatic rings. The van der Waals surface area contributed by atoms with Crippen molar-refractivity contribution in [1.82, 2.24) is 19.6 Å². The number of fused-ring (bicyclic) bond motifs is 1. The Bertz CT molecular complexity index is 1380. The van der Waals surface area contributed by atoms with E-state index in [0.29, 0.717) is 33.8 Å². The predicted octanol–water partition coefficient (Wildman–Crippen LogP) is 2.61. The minimum Gasteiger partial charge on any atom is -0.494 e. The summed E-state index contributed by atoms with van der Waals surface area (Å²) in [6.45, 7) is 3.98. The summed E-state index contributed by atoms with van der Waals surface area (Å²) in [5.41, 5.74) is 2.61. The average molecular weight is 432 g/mol. The molecule has 0 bridgehead atoms. The zero-order valence-electron chi connectivity index (χ0n) is 17.8. The molecule has 0 aliphatic heterocycles. The van der Waals surface area contributed by atoms with E-state index in [9.17, 15) is 10.2 Å². The summed E-state index contributed by atoms with van der Waals surface area (Å²) in [4.78, 5) is 12.0. The Labute approximate surface area is 183 Å². The monoisotopic (exact) mass is 432 g/mol. The van der Waals surface area contributed by atoms with Crippen LogP contribution in [-0.2, 0) is 0 Å². The van der Waals surface area contributed by atoms with Gasteiger partial charge in [0, 0.05) is 28.6 Å². The first-order valence-corrected chi connectivity index (χ1v) is 10.5. The van der Waals surface area contributed by atoms with E-state index in [4.69, 9.17) is 14.7 Å². The first kappa shape index (κ1) is 19.9. The highest BCUT2D eigenvalue weighted by Crippen LogP contribution is 2.24. The molecule has 1 saturated carbocycles. The fraction of sp³-hybridized carbons (Fsp3) is 0.261. The van der Waals surface area contributed by atoms with Crippen LogP contribution >= 0.6 is 0 Å². The molecule has 9 heteroatoms. The maximum Gasteiger partial charge on any atom is 0.198 e. The number of hydrogen-bond donors (Lipinski definition) is 4. The first-order valence-electron chi connectivity index (χ1n) is 10.5. The van der Waals surface area contributed by atoms with Crippen molar-refractivity contribution in [2.45, 2.75) is 38.8 Å². The molecule has 1 fully saturated rings. The molecule has 0 radical (unpaired) electrons. The molecule has 1 aromatic carbocycles. The van der Waals surface area contributed by atoms with E-state index in [1.54, 1.807) is 16.8 Å². The summed E-state index contributed by atoms with van der Waals surface area (Å²) in [5.74, 6) is 1.20. The summed E-state index contributed by atoms with van der Waals surface area (Å²) < 4.78 is 7.40. The quantitative estimate of drug-likeness (QED) is 0.372. The van der Waals surface area contributed by atoms with Gasteiger partial charge in [-0.05, 0) is 57.0 Å². The minimum absolute atomic E-state index is 0.113. The molecule has 4 N–H and O–H groups in total. The first-order chi connectivity index (χ1) is 15.4. The number of nitrogens with zero attached hydrogens (tertiary/aromatic N) is 4. The van der Waals surface area contributed by atoms with Crippen LogP contribution in [-0.4, -0.2) is 41.9 Å². The molecule has 0 amide bonds. The lowest BCUT2D eigenvalue weighted by molar-refractivity contribution is 0.242. The van der Waals surface area contributed by atoms with E-state index >= 15 is 0 Å². The minimum atomic E-state index is -0.122. The molecule has 3 heterocycles. The van der Waals surface area contributed by atoms with E-state index in [1.165, 1.54) is 6.07 Å². The maximum atomic E-state index is 9.97. The van der Waals surface area contributed by atoms with Gasteiger partial charge in [0.05, 0.1) is 18.3 Å². The Balaban J connectivity index is 1.56. The lowest BCUT2D eigenvalue weighted by Gasteiger charge is -2.11. The topological polar surface area (TPSA) is 120 Å². The average Bonchev–Trinajstić information content (AvgIpc) is 3.38. The second-order valence-corrected chi connectivity index (χ2v) is 8.11. The van der Waals surface area contributed by atoms with E-state index in [0.717, 1.165) is 24.3 Å². The highest BCUT2D eigenvalue weighted by Gasteiger charge is 2.20. The highest BCUT2D eigenvalue weighted by atomic mass is 16.5. The Morgan fingerprint density at radius 1 is 1.22 bits per heavy atom. The van der Waals surface area contributed by atoms with Gasteiger partial charge in [-0.1, -0.05) is 0 Å². The molecule has 5 rings (SSSR count). The maximum absolute atomic E-state index is 9.97. The number of aromatic hydroxyl groups is 2. The number of aromatic nitrogens is 4. The van der Waals surface area contributed by atoms with Gasteiger partial charge in [0.15, 0.2) is 22.9 Å². The normalized spacial score (nSPS) is 15.1. The fourth-order valence-electron chi connectivity index (χ4n) is 3.37. The molecule has 4 aromatic rings. The molecule has 9 nitrogen and oxygen atoms in total. The van der Waals surface area contributed by atoms with Crippen LogP contribution in [0.4, 0.5) is 11.5 Å². The van der Waals surface area contributed by atoms with Crippen LogP contribution in [0.2, 0.25) is 0 Å². The molecule has 0 saturated heterocycles. The molecule has 1 aliphatic carbocycles. The third-order valence-corrected chi connectivity index (χ3v) is 4.96. The molecule has 32 heavy (non-hydrogen) atoms. The molecular formula is C23H24N6O3. The number of anilines is 2. The van der Waals surface area contributed by atoms with Gasteiger partial charge in [-0.3, -0.25) is 9.98 Å². The molecule has 164 valence electrons. The van der Waals surface area contributed by atoms with E-state index in [2.05, 4.69) is 15.4 Å². The zero-order chi connectivity index (χ0) is 22.2. The van der Waals surface area contributed by atoms with Crippen LogP contribution in [0.1, 0.15) is 32.3 Å². The van der Waals surface area contributed by atoms with Crippen molar-refractivity contribution in [1.29, 1.82) is 0 Å². The number of aromatic amines is 1. The van der Waals surface area contributed by atoms with Crippen molar-refractivity contribution in [2.75, 3.05) is 5.32 Å². The molecule has 0 atom stereocenters. The lowest BCUT2D eigenvalue weighted by Crippen LogP contribution is -2.19. The Kier molecular flexibility index (Phi) is 4.93. The van der Waals surface area contributed by atoms with Crippen molar-refractivity contribution in [3.8, 4) is 17.5 Å². The summed E-state index contributed by atoms with van der Waals surface area (Å²) in [7, 11) is 0. The largest absolute Gasteiger partial charge is 0.494 e. The number of benzene rings is 1. The van der Waals surface area contributed by atoms with Gasteiger partial charge in [0.1, 0.15) is 11.6 Å².